The molecular weight excluding hydrogens is 346 g/mol. The van der Waals surface area contributed by atoms with Crippen molar-refractivity contribution in [3.8, 4) is 11.1 Å². The number of rotatable bonds is 2. The summed E-state index contributed by atoms with van der Waals surface area (Å²) >= 11 is 7.87. The number of benzene rings is 1. The summed E-state index contributed by atoms with van der Waals surface area (Å²) in [5, 5.41) is 7.74. The van der Waals surface area contributed by atoms with E-state index < -0.39 is 0 Å². The number of thiophene rings is 1. The Kier molecular flexibility index (Phi) is 3.81. The highest BCUT2D eigenvalue weighted by Crippen LogP contribution is 2.36. The SMILES string of the molecule is CC1C(=C=O)NCCN1c1nc2cc(Cl)cc(-c3ccsc3)c2o1. The molecule has 122 valence electrons. The largest absolute Gasteiger partial charge is 0.423 e. The Bertz CT molecular complexity index is 944. The predicted molar refractivity (Wildman–Crippen MR) is 96.3 cm³/mol. The predicted octanol–water partition coefficient (Wildman–Crippen LogP) is 3.72. The van der Waals surface area contributed by atoms with Gasteiger partial charge in [-0.1, -0.05) is 11.6 Å². The maximum atomic E-state index is 11.1. The second-order valence-corrected chi connectivity index (χ2v) is 6.84. The number of hydrogen-bond acceptors (Lipinski definition) is 6. The molecule has 3 aromatic rings. The molecule has 4 rings (SSSR count). The zero-order valence-electron chi connectivity index (χ0n) is 12.9. The van der Waals surface area contributed by atoms with Crippen LogP contribution in [0.25, 0.3) is 22.2 Å². The van der Waals surface area contributed by atoms with E-state index in [0.29, 0.717) is 40.9 Å². The van der Waals surface area contributed by atoms with E-state index in [0.717, 1.165) is 11.1 Å². The van der Waals surface area contributed by atoms with Gasteiger partial charge in [0.15, 0.2) is 5.58 Å². The molecule has 1 atom stereocenters. The van der Waals surface area contributed by atoms with Crippen molar-refractivity contribution in [2.24, 2.45) is 0 Å². The van der Waals surface area contributed by atoms with E-state index >= 15 is 0 Å². The lowest BCUT2D eigenvalue weighted by Crippen LogP contribution is -2.48. The maximum absolute atomic E-state index is 11.1. The Morgan fingerprint density at radius 1 is 1.50 bits per heavy atom. The lowest BCUT2D eigenvalue weighted by atomic mass is 10.1. The minimum Gasteiger partial charge on any atom is -0.423 e. The summed E-state index contributed by atoms with van der Waals surface area (Å²) in [4.78, 5) is 17.6. The molecule has 5 nitrogen and oxygen atoms in total. The minimum atomic E-state index is -0.163. The van der Waals surface area contributed by atoms with Gasteiger partial charge in [-0.2, -0.15) is 16.3 Å². The molecule has 0 amide bonds. The third kappa shape index (κ3) is 2.49. The van der Waals surface area contributed by atoms with Crippen LogP contribution in [0.4, 0.5) is 6.01 Å². The molecular formula is C17H14ClN3O2S. The molecule has 1 unspecified atom stereocenters. The van der Waals surface area contributed by atoms with E-state index in [2.05, 4.69) is 10.3 Å². The van der Waals surface area contributed by atoms with E-state index in [9.17, 15) is 4.79 Å². The Morgan fingerprint density at radius 2 is 2.38 bits per heavy atom. The number of nitrogens with one attached hydrogen (secondary N) is 1. The van der Waals surface area contributed by atoms with Crippen molar-refractivity contribution in [3.05, 3.63) is 39.7 Å². The number of carbonyl (C=O) groups excluding carboxylic acids is 1. The maximum Gasteiger partial charge on any atom is 0.299 e. The van der Waals surface area contributed by atoms with E-state index in [1.165, 1.54) is 0 Å². The van der Waals surface area contributed by atoms with Gasteiger partial charge < -0.3 is 14.6 Å². The van der Waals surface area contributed by atoms with Gasteiger partial charge in [0.25, 0.3) is 6.01 Å². The summed E-state index contributed by atoms with van der Waals surface area (Å²) in [6, 6.07) is 6.04. The first kappa shape index (κ1) is 15.3. The lowest BCUT2D eigenvalue weighted by Gasteiger charge is -2.33. The Morgan fingerprint density at radius 3 is 3.12 bits per heavy atom. The van der Waals surface area contributed by atoms with Gasteiger partial charge in [0.05, 0.1) is 6.04 Å². The summed E-state index contributed by atoms with van der Waals surface area (Å²) in [6.45, 7) is 3.26. The molecule has 2 aromatic heterocycles. The number of oxazole rings is 1. The monoisotopic (exact) mass is 359 g/mol. The van der Waals surface area contributed by atoms with Gasteiger partial charge >= 0.3 is 0 Å². The highest BCUT2D eigenvalue weighted by atomic mass is 35.5. The number of piperazine rings is 1. The molecule has 0 saturated carbocycles. The van der Waals surface area contributed by atoms with E-state index in [1.807, 2.05) is 40.7 Å². The van der Waals surface area contributed by atoms with Crippen LogP contribution in [0.1, 0.15) is 6.92 Å². The molecule has 0 radical (unpaired) electrons. The van der Waals surface area contributed by atoms with Crippen LogP contribution in [0.2, 0.25) is 5.02 Å². The Labute approximate surface area is 147 Å². The van der Waals surface area contributed by atoms with Crippen LogP contribution in [-0.2, 0) is 4.79 Å². The number of nitrogens with zero attached hydrogens (tertiary/aromatic N) is 2. The van der Waals surface area contributed by atoms with Crippen LogP contribution in [-0.4, -0.2) is 30.1 Å². The molecule has 7 heteroatoms. The van der Waals surface area contributed by atoms with Crippen molar-refractivity contribution in [3.63, 3.8) is 0 Å². The van der Waals surface area contributed by atoms with Crippen LogP contribution < -0.4 is 10.2 Å². The van der Waals surface area contributed by atoms with Gasteiger partial charge in [-0.25, -0.2) is 4.79 Å². The number of anilines is 1. The number of fused-ring (bicyclic) bond motifs is 1. The van der Waals surface area contributed by atoms with Crippen LogP contribution in [0.15, 0.2) is 39.1 Å². The molecule has 1 aromatic carbocycles. The molecule has 3 heterocycles. The smallest absolute Gasteiger partial charge is 0.299 e. The van der Waals surface area contributed by atoms with Gasteiger partial charge in [0.2, 0.25) is 0 Å². The molecule has 24 heavy (non-hydrogen) atoms. The van der Waals surface area contributed by atoms with Crippen LogP contribution >= 0.6 is 22.9 Å². The topological polar surface area (TPSA) is 58.4 Å². The minimum absolute atomic E-state index is 0.163. The van der Waals surface area contributed by atoms with Crippen molar-refractivity contribution in [2.45, 2.75) is 13.0 Å². The molecule has 1 saturated heterocycles. The Balaban J connectivity index is 1.84. The summed E-state index contributed by atoms with van der Waals surface area (Å²) < 4.78 is 6.07. The fraction of sp³-hybridized carbons (Fsp3) is 0.235. The number of hydrogen-bond donors (Lipinski definition) is 1. The summed E-state index contributed by atoms with van der Waals surface area (Å²) in [7, 11) is 0. The average molecular weight is 360 g/mol. The second kappa shape index (κ2) is 5.98. The number of aromatic nitrogens is 1. The van der Waals surface area contributed by atoms with Gasteiger partial charge in [-0.05, 0) is 41.4 Å². The van der Waals surface area contributed by atoms with Crippen molar-refractivity contribution in [1.82, 2.24) is 10.3 Å². The molecule has 1 N–H and O–H groups in total. The first-order chi connectivity index (χ1) is 11.7. The van der Waals surface area contributed by atoms with Crippen molar-refractivity contribution in [2.75, 3.05) is 18.0 Å². The zero-order chi connectivity index (χ0) is 16.7. The highest BCUT2D eigenvalue weighted by Gasteiger charge is 2.28. The fourth-order valence-electron chi connectivity index (χ4n) is 2.93. The van der Waals surface area contributed by atoms with E-state index in [1.54, 1.807) is 17.4 Å². The number of halogens is 1. The standard InChI is InChI=1S/C17H14ClN3O2S/c1-10-15(8-22)19-3-4-21(10)17-20-14-7-12(18)6-13(16(14)23-17)11-2-5-24-9-11/h2,5-7,9-10,19H,3-4H2,1H3. The normalized spacial score (nSPS) is 17.8. The summed E-state index contributed by atoms with van der Waals surface area (Å²) in [5.41, 5.74) is 3.90. The molecule has 0 bridgehead atoms. The highest BCUT2D eigenvalue weighted by molar-refractivity contribution is 7.08. The fourth-order valence-corrected chi connectivity index (χ4v) is 3.80. The van der Waals surface area contributed by atoms with Crippen molar-refractivity contribution < 1.29 is 9.21 Å². The third-order valence-corrected chi connectivity index (χ3v) is 5.09. The molecule has 0 spiro atoms. The van der Waals surface area contributed by atoms with Crippen molar-refractivity contribution in [1.29, 1.82) is 0 Å². The van der Waals surface area contributed by atoms with Gasteiger partial charge in [0, 0.05) is 23.7 Å². The summed E-state index contributed by atoms with van der Waals surface area (Å²) in [6.07, 6.45) is 0. The average Bonchev–Trinajstić information content (AvgIpc) is 3.23. The third-order valence-electron chi connectivity index (χ3n) is 4.18. The van der Waals surface area contributed by atoms with E-state index in [4.69, 9.17) is 16.0 Å². The molecule has 1 aliphatic rings. The first-order valence-corrected chi connectivity index (χ1v) is 8.87. The van der Waals surface area contributed by atoms with Gasteiger partial charge in [-0.15, -0.1) is 0 Å². The lowest BCUT2D eigenvalue weighted by molar-refractivity contribution is 0.496. The van der Waals surface area contributed by atoms with E-state index in [-0.39, 0.29) is 6.04 Å². The molecule has 0 aliphatic carbocycles. The van der Waals surface area contributed by atoms with Crippen LogP contribution in [0, 0.1) is 0 Å². The molecule has 1 aliphatic heterocycles. The zero-order valence-corrected chi connectivity index (χ0v) is 14.4. The van der Waals surface area contributed by atoms with Crippen LogP contribution in [0.3, 0.4) is 0 Å². The molecule has 1 fully saturated rings. The van der Waals surface area contributed by atoms with Crippen molar-refractivity contribution >= 4 is 46.0 Å². The van der Waals surface area contributed by atoms with Gasteiger partial charge in [0.1, 0.15) is 17.2 Å². The Hall–Kier alpha value is -2.27. The summed E-state index contributed by atoms with van der Waals surface area (Å²) in [5.74, 6) is 1.95. The first-order valence-electron chi connectivity index (χ1n) is 7.55. The quantitative estimate of drug-likeness (QED) is 0.706. The van der Waals surface area contributed by atoms with Crippen LogP contribution in [0.5, 0.6) is 0 Å². The van der Waals surface area contributed by atoms with Gasteiger partial charge in [-0.3, -0.25) is 0 Å². The second-order valence-electron chi connectivity index (χ2n) is 5.62.